The van der Waals surface area contributed by atoms with Gasteiger partial charge in [0.1, 0.15) is 10.7 Å². The van der Waals surface area contributed by atoms with E-state index in [4.69, 9.17) is 0 Å². The third kappa shape index (κ3) is 5.92. The Morgan fingerprint density at radius 1 is 1.06 bits per heavy atom. The number of piperidine rings is 1. The summed E-state index contributed by atoms with van der Waals surface area (Å²) in [6, 6.07) is 11.5. The summed E-state index contributed by atoms with van der Waals surface area (Å²) in [6.45, 7) is 5.92. The number of nitrogens with one attached hydrogen (secondary N) is 2. The van der Waals surface area contributed by atoms with E-state index >= 15 is 0 Å². The first-order valence-electron chi connectivity index (χ1n) is 10.4. The molecule has 2 aromatic carbocycles. The zero-order valence-electron chi connectivity index (χ0n) is 18.4. The van der Waals surface area contributed by atoms with Crippen LogP contribution in [0.1, 0.15) is 44.0 Å². The van der Waals surface area contributed by atoms with Crippen molar-refractivity contribution in [2.45, 2.75) is 44.0 Å². The molecule has 7 nitrogen and oxygen atoms in total. The summed E-state index contributed by atoms with van der Waals surface area (Å²) >= 11 is 0. The number of carbonyl (C=O) groups excluding carboxylic acids is 2. The molecule has 2 aromatic rings. The molecule has 1 fully saturated rings. The largest absolute Gasteiger partial charge is 0.338 e. The molecular weight excluding hydrogens is 433 g/mol. The smallest absolute Gasteiger partial charge is 0.253 e. The Balaban J connectivity index is 1.74. The quantitative estimate of drug-likeness (QED) is 0.714. The van der Waals surface area contributed by atoms with E-state index in [1.807, 2.05) is 0 Å². The lowest BCUT2D eigenvalue weighted by atomic mass is 9.96. The van der Waals surface area contributed by atoms with Gasteiger partial charge in [-0.1, -0.05) is 12.1 Å². The molecule has 1 saturated heterocycles. The van der Waals surface area contributed by atoms with Crippen LogP contribution in [0.2, 0.25) is 0 Å². The predicted molar refractivity (Wildman–Crippen MR) is 120 cm³/mol. The summed E-state index contributed by atoms with van der Waals surface area (Å²) in [6.07, 6.45) is 1.21. The number of carbonyl (C=O) groups is 2. The first-order valence-corrected chi connectivity index (χ1v) is 11.9. The van der Waals surface area contributed by atoms with Crippen LogP contribution in [0.15, 0.2) is 53.4 Å². The highest BCUT2D eigenvalue weighted by Gasteiger charge is 2.30. The molecule has 0 aliphatic carbocycles. The van der Waals surface area contributed by atoms with Crippen LogP contribution in [-0.4, -0.2) is 43.8 Å². The van der Waals surface area contributed by atoms with E-state index in [9.17, 15) is 22.4 Å². The first-order chi connectivity index (χ1) is 15.0. The van der Waals surface area contributed by atoms with Gasteiger partial charge in [0.05, 0.1) is 11.6 Å². The third-order valence-electron chi connectivity index (χ3n) is 5.05. The van der Waals surface area contributed by atoms with Crippen LogP contribution in [0, 0.1) is 11.7 Å². The molecule has 0 saturated carbocycles. The normalized spacial score (nSPS) is 17.1. The molecule has 1 aliphatic heterocycles. The number of hydrogen-bond donors (Lipinski definition) is 2. The highest BCUT2D eigenvalue weighted by molar-refractivity contribution is 7.89. The van der Waals surface area contributed by atoms with Crippen molar-refractivity contribution < 1.29 is 22.4 Å². The lowest BCUT2D eigenvalue weighted by Gasteiger charge is -2.32. The summed E-state index contributed by atoms with van der Waals surface area (Å²) in [5.74, 6) is -1.52. The van der Waals surface area contributed by atoms with E-state index in [-0.39, 0.29) is 28.9 Å². The lowest BCUT2D eigenvalue weighted by molar-refractivity contribution is -0.121. The molecule has 3 rings (SSSR count). The summed E-state index contributed by atoms with van der Waals surface area (Å²) < 4.78 is 41.4. The second kappa shape index (κ2) is 9.38. The van der Waals surface area contributed by atoms with Crippen LogP contribution in [0.5, 0.6) is 0 Å². The third-order valence-corrected chi connectivity index (χ3v) is 6.86. The van der Waals surface area contributed by atoms with Gasteiger partial charge in [-0.2, -0.15) is 0 Å². The van der Waals surface area contributed by atoms with Crippen molar-refractivity contribution in [3.05, 3.63) is 59.9 Å². The minimum atomic E-state index is -3.85. The maximum absolute atomic E-state index is 13.1. The van der Waals surface area contributed by atoms with E-state index in [2.05, 4.69) is 10.0 Å². The van der Waals surface area contributed by atoms with E-state index in [1.165, 1.54) is 30.3 Å². The fourth-order valence-corrected chi connectivity index (χ4v) is 5.23. The monoisotopic (exact) mass is 461 g/mol. The SMILES string of the molecule is CC(C)(C)NS(=O)(=O)c1ccccc1NC(=O)C1CCCN(C(=O)c2ccc(F)cc2)C1. The van der Waals surface area contributed by atoms with Gasteiger partial charge < -0.3 is 10.2 Å². The Hall–Kier alpha value is -2.78. The van der Waals surface area contributed by atoms with E-state index < -0.39 is 27.3 Å². The van der Waals surface area contributed by atoms with Crippen LogP contribution >= 0.6 is 0 Å². The number of benzene rings is 2. The molecule has 0 bridgehead atoms. The van der Waals surface area contributed by atoms with E-state index in [0.29, 0.717) is 24.9 Å². The van der Waals surface area contributed by atoms with E-state index in [1.54, 1.807) is 43.9 Å². The van der Waals surface area contributed by atoms with Crippen LogP contribution < -0.4 is 10.0 Å². The van der Waals surface area contributed by atoms with Gasteiger partial charge >= 0.3 is 0 Å². The van der Waals surface area contributed by atoms with Gasteiger partial charge in [-0.05, 0) is 70.0 Å². The van der Waals surface area contributed by atoms with Crippen LogP contribution in [0.3, 0.4) is 0 Å². The number of likely N-dealkylation sites (tertiary alicyclic amines) is 1. The number of nitrogens with zero attached hydrogens (tertiary/aromatic N) is 1. The van der Waals surface area contributed by atoms with Crippen molar-refractivity contribution in [3.8, 4) is 0 Å². The molecule has 172 valence electrons. The van der Waals surface area contributed by atoms with Gasteiger partial charge in [-0.25, -0.2) is 17.5 Å². The zero-order chi connectivity index (χ0) is 23.5. The molecule has 1 aliphatic rings. The van der Waals surface area contributed by atoms with Gasteiger partial charge in [0, 0.05) is 24.2 Å². The number of para-hydroxylation sites is 1. The molecule has 2 amide bonds. The average molecular weight is 462 g/mol. The highest BCUT2D eigenvalue weighted by atomic mass is 32.2. The zero-order valence-corrected chi connectivity index (χ0v) is 19.2. The molecule has 9 heteroatoms. The topological polar surface area (TPSA) is 95.6 Å². The van der Waals surface area contributed by atoms with Crippen molar-refractivity contribution in [1.82, 2.24) is 9.62 Å². The summed E-state index contributed by atoms with van der Waals surface area (Å²) in [5.41, 5.74) is -0.131. The number of halogens is 1. The number of anilines is 1. The van der Waals surface area contributed by atoms with Gasteiger partial charge in [0.2, 0.25) is 15.9 Å². The summed E-state index contributed by atoms with van der Waals surface area (Å²) in [4.78, 5) is 27.3. The molecule has 0 aromatic heterocycles. The molecule has 1 unspecified atom stereocenters. The highest BCUT2D eigenvalue weighted by Crippen LogP contribution is 2.25. The minimum Gasteiger partial charge on any atom is -0.338 e. The van der Waals surface area contributed by atoms with Gasteiger partial charge in [0.25, 0.3) is 5.91 Å². The Bertz CT molecular complexity index is 1090. The number of hydrogen-bond acceptors (Lipinski definition) is 4. The molecule has 2 N–H and O–H groups in total. The number of rotatable bonds is 5. The van der Waals surface area contributed by atoms with Crippen LogP contribution in [0.25, 0.3) is 0 Å². The van der Waals surface area contributed by atoms with Gasteiger partial charge in [0.15, 0.2) is 0 Å². The number of amides is 2. The summed E-state index contributed by atoms with van der Waals surface area (Å²) in [7, 11) is -3.85. The van der Waals surface area contributed by atoms with Gasteiger partial charge in [-0.3, -0.25) is 9.59 Å². The second-order valence-corrected chi connectivity index (χ2v) is 10.6. The van der Waals surface area contributed by atoms with Gasteiger partial charge in [-0.15, -0.1) is 0 Å². The minimum absolute atomic E-state index is 0.0154. The standard InChI is InChI=1S/C23H28FN3O4S/c1-23(2,3)26-32(30,31)20-9-5-4-8-19(20)25-21(28)17-7-6-14-27(15-17)22(29)16-10-12-18(24)13-11-16/h4-5,8-13,17,26H,6-7,14-15H2,1-3H3,(H,25,28). The van der Waals surface area contributed by atoms with Crippen LogP contribution in [-0.2, 0) is 14.8 Å². The van der Waals surface area contributed by atoms with Crippen molar-refractivity contribution in [1.29, 1.82) is 0 Å². The maximum atomic E-state index is 13.1. The predicted octanol–water partition coefficient (Wildman–Crippen LogP) is 3.39. The molecule has 1 heterocycles. The molecule has 0 spiro atoms. The summed E-state index contributed by atoms with van der Waals surface area (Å²) in [5, 5.41) is 2.73. The Morgan fingerprint density at radius 2 is 1.72 bits per heavy atom. The molecular formula is C23H28FN3O4S. The van der Waals surface area contributed by atoms with Crippen LogP contribution in [0.4, 0.5) is 10.1 Å². The molecule has 1 atom stereocenters. The molecule has 32 heavy (non-hydrogen) atoms. The molecule has 0 radical (unpaired) electrons. The van der Waals surface area contributed by atoms with E-state index in [0.717, 1.165) is 0 Å². The average Bonchev–Trinajstić information content (AvgIpc) is 2.72. The Kier molecular flexibility index (Phi) is 7.00. The first kappa shape index (κ1) is 23.9. The Morgan fingerprint density at radius 3 is 2.38 bits per heavy atom. The number of sulfonamides is 1. The van der Waals surface area contributed by atoms with Crippen molar-refractivity contribution >= 4 is 27.5 Å². The second-order valence-electron chi connectivity index (χ2n) is 8.94. The lowest BCUT2D eigenvalue weighted by Crippen LogP contribution is -2.44. The van der Waals surface area contributed by atoms with Crippen molar-refractivity contribution in [2.75, 3.05) is 18.4 Å². The fraction of sp³-hybridized carbons (Fsp3) is 0.391. The maximum Gasteiger partial charge on any atom is 0.253 e. The van der Waals surface area contributed by atoms with Crippen molar-refractivity contribution in [3.63, 3.8) is 0 Å². The Labute approximate surface area is 188 Å². The van der Waals surface area contributed by atoms with Crippen molar-refractivity contribution in [2.24, 2.45) is 5.92 Å². The fourth-order valence-electron chi connectivity index (χ4n) is 3.65.